The van der Waals surface area contributed by atoms with Gasteiger partial charge in [-0.2, -0.15) is 0 Å². The minimum absolute atomic E-state index is 0.243. The maximum Gasteiger partial charge on any atom is 0.115 e. The van der Waals surface area contributed by atoms with Crippen LogP contribution in [0.4, 0.5) is 0 Å². The number of phenols is 1. The van der Waals surface area contributed by atoms with Gasteiger partial charge in [-0.3, -0.25) is 0 Å². The van der Waals surface area contributed by atoms with Crippen molar-refractivity contribution in [2.24, 2.45) is 5.16 Å². The van der Waals surface area contributed by atoms with Crippen molar-refractivity contribution < 1.29 is 10.3 Å². The van der Waals surface area contributed by atoms with Gasteiger partial charge in [0.05, 0.1) is 5.71 Å². The topological polar surface area (TPSA) is 52.8 Å². The lowest BCUT2D eigenvalue weighted by Crippen LogP contribution is -1.92. The van der Waals surface area contributed by atoms with Gasteiger partial charge in [0.2, 0.25) is 0 Å². The van der Waals surface area contributed by atoms with Crippen LogP contribution in [-0.4, -0.2) is 16.0 Å². The molecule has 0 atom stereocenters. The monoisotopic (exact) mass is 191 g/mol. The third-order valence-corrected chi connectivity index (χ3v) is 2.00. The maximum atomic E-state index is 9.06. The summed E-state index contributed by atoms with van der Waals surface area (Å²) in [5.74, 6) is 0.243. The lowest BCUT2D eigenvalue weighted by atomic mass is 10.1. The molecule has 0 bridgehead atoms. The third-order valence-electron chi connectivity index (χ3n) is 2.00. The van der Waals surface area contributed by atoms with E-state index in [4.69, 9.17) is 10.3 Å². The molecule has 0 unspecified atom stereocenters. The summed E-state index contributed by atoms with van der Waals surface area (Å²) in [7, 11) is 0. The van der Waals surface area contributed by atoms with E-state index >= 15 is 0 Å². The van der Waals surface area contributed by atoms with Gasteiger partial charge in [0.15, 0.2) is 0 Å². The Morgan fingerprint density at radius 1 is 1.21 bits per heavy atom. The van der Waals surface area contributed by atoms with E-state index in [0.29, 0.717) is 5.71 Å². The molecule has 0 aromatic heterocycles. The molecule has 0 aliphatic rings. The molecule has 1 aromatic carbocycles. The first-order valence-electron chi connectivity index (χ1n) is 4.30. The predicted octanol–water partition coefficient (Wildman–Crippen LogP) is 2.65. The van der Waals surface area contributed by atoms with Crippen LogP contribution in [0.5, 0.6) is 5.75 Å². The van der Waals surface area contributed by atoms with Crippen molar-refractivity contribution in [3.05, 3.63) is 35.4 Å². The zero-order valence-electron chi connectivity index (χ0n) is 8.23. The number of benzene rings is 1. The van der Waals surface area contributed by atoms with Crippen molar-refractivity contribution in [2.75, 3.05) is 0 Å². The van der Waals surface area contributed by atoms with E-state index < -0.39 is 0 Å². The zero-order valence-corrected chi connectivity index (χ0v) is 8.23. The van der Waals surface area contributed by atoms with Crippen LogP contribution in [0, 0.1) is 0 Å². The minimum Gasteiger partial charge on any atom is -0.508 e. The Labute approximate surface area is 83.0 Å². The number of aromatic hydroxyl groups is 1. The molecule has 0 aliphatic carbocycles. The predicted molar refractivity (Wildman–Crippen MR) is 56.7 cm³/mol. The Hall–Kier alpha value is -1.77. The lowest BCUT2D eigenvalue weighted by molar-refractivity contribution is 0.319. The van der Waals surface area contributed by atoms with Crippen LogP contribution < -0.4 is 0 Å². The molecule has 1 rings (SSSR count). The van der Waals surface area contributed by atoms with Gasteiger partial charge < -0.3 is 10.3 Å². The number of oxime groups is 1. The molecule has 3 nitrogen and oxygen atoms in total. The van der Waals surface area contributed by atoms with Crippen LogP contribution in [0.2, 0.25) is 0 Å². The van der Waals surface area contributed by atoms with E-state index in [1.54, 1.807) is 31.2 Å². The van der Waals surface area contributed by atoms with Crippen LogP contribution in [-0.2, 0) is 0 Å². The summed E-state index contributed by atoms with van der Waals surface area (Å²) in [4.78, 5) is 0. The van der Waals surface area contributed by atoms with E-state index in [0.717, 1.165) is 11.1 Å². The summed E-state index contributed by atoms with van der Waals surface area (Å²) < 4.78 is 0. The lowest BCUT2D eigenvalue weighted by Gasteiger charge is -1.98. The van der Waals surface area contributed by atoms with E-state index in [1.807, 2.05) is 13.0 Å². The molecule has 1 aromatic rings. The molecule has 0 amide bonds. The SMILES string of the molecule is CC(=C/c1ccc(O)cc1)/C(C)=N\O. The van der Waals surface area contributed by atoms with Crippen molar-refractivity contribution in [1.29, 1.82) is 0 Å². The van der Waals surface area contributed by atoms with Gasteiger partial charge in [0, 0.05) is 0 Å². The third kappa shape index (κ3) is 2.62. The van der Waals surface area contributed by atoms with Crippen molar-refractivity contribution >= 4 is 11.8 Å². The van der Waals surface area contributed by atoms with Gasteiger partial charge >= 0.3 is 0 Å². The molecule has 0 heterocycles. The largest absolute Gasteiger partial charge is 0.508 e. The highest BCUT2D eigenvalue weighted by atomic mass is 16.4. The molecule has 3 heteroatoms. The van der Waals surface area contributed by atoms with E-state index in [-0.39, 0.29) is 5.75 Å². The zero-order chi connectivity index (χ0) is 10.6. The van der Waals surface area contributed by atoms with Crippen molar-refractivity contribution in [2.45, 2.75) is 13.8 Å². The number of nitrogens with zero attached hydrogens (tertiary/aromatic N) is 1. The molecule has 0 radical (unpaired) electrons. The molecule has 0 fully saturated rings. The molecule has 0 saturated heterocycles. The molecular formula is C11H13NO2. The standard InChI is InChI=1S/C11H13NO2/c1-8(9(2)12-14)7-10-3-5-11(13)6-4-10/h3-7,13-14H,1-2H3/b8-7-,12-9-. The summed E-state index contributed by atoms with van der Waals surface area (Å²) in [6.07, 6.45) is 1.88. The summed E-state index contributed by atoms with van der Waals surface area (Å²) in [6, 6.07) is 6.82. The molecule has 14 heavy (non-hydrogen) atoms. The van der Waals surface area contributed by atoms with E-state index in [2.05, 4.69) is 5.16 Å². The molecule has 0 spiro atoms. The summed E-state index contributed by atoms with van der Waals surface area (Å²) >= 11 is 0. The summed E-state index contributed by atoms with van der Waals surface area (Å²) in [6.45, 7) is 3.59. The fourth-order valence-electron chi connectivity index (χ4n) is 1.00. The highest BCUT2D eigenvalue weighted by molar-refractivity contribution is 6.01. The Balaban J connectivity index is 2.92. The summed E-state index contributed by atoms with van der Waals surface area (Å²) in [5.41, 5.74) is 2.43. The molecule has 0 saturated carbocycles. The quantitative estimate of drug-likeness (QED) is 0.429. The van der Waals surface area contributed by atoms with Crippen LogP contribution >= 0.6 is 0 Å². The first-order chi connectivity index (χ1) is 6.63. The number of hydrogen-bond acceptors (Lipinski definition) is 3. The molecular weight excluding hydrogens is 178 g/mol. The van der Waals surface area contributed by atoms with E-state index in [9.17, 15) is 0 Å². The fraction of sp³-hybridized carbons (Fsp3) is 0.182. The molecule has 0 aliphatic heterocycles. The number of hydrogen-bond donors (Lipinski definition) is 2. The average molecular weight is 191 g/mol. The highest BCUT2D eigenvalue weighted by Gasteiger charge is 1.95. The fourth-order valence-corrected chi connectivity index (χ4v) is 1.00. The second-order valence-corrected chi connectivity index (χ2v) is 3.10. The number of rotatable bonds is 2. The maximum absolute atomic E-state index is 9.06. The second-order valence-electron chi connectivity index (χ2n) is 3.10. The summed E-state index contributed by atoms with van der Waals surface area (Å²) in [5, 5.41) is 20.7. The average Bonchev–Trinajstić information content (AvgIpc) is 2.20. The van der Waals surface area contributed by atoms with Crippen molar-refractivity contribution in [1.82, 2.24) is 0 Å². The highest BCUT2D eigenvalue weighted by Crippen LogP contribution is 2.13. The Morgan fingerprint density at radius 2 is 1.79 bits per heavy atom. The molecule has 74 valence electrons. The Morgan fingerprint density at radius 3 is 2.29 bits per heavy atom. The van der Waals surface area contributed by atoms with Gasteiger partial charge in [0.25, 0.3) is 0 Å². The van der Waals surface area contributed by atoms with Crippen molar-refractivity contribution in [3.63, 3.8) is 0 Å². The second kappa shape index (κ2) is 4.46. The normalized spacial score (nSPS) is 13.0. The Bertz CT molecular complexity index is 363. The first kappa shape index (κ1) is 10.3. The van der Waals surface area contributed by atoms with Gasteiger partial charge in [-0.25, -0.2) is 0 Å². The van der Waals surface area contributed by atoms with Crippen molar-refractivity contribution in [3.8, 4) is 5.75 Å². The van der Waals surface area contributed by atoms with Gasteiger partial charge in [-0.1, -0.05) is 23.4 Å². The smallest absolute Gasteiger partial charge is 0.115 e. The minimum atomic E-state index is 0.243. The van der Waals surface area contributed by atoms with Gasteiger partial charge in [-0.05, 0) is 37.1 Å². The first-order valence-corrected chi connectivity index (χ1v) is 4.30. The van der Waals surface area contributed by atoms with E-state index in [1.165, 1.54) is 0 Å². The van der Waals surface area contributed by atoms with Gasteiger partial charge in [0.1, 0.15) is 5.75 Å². The van der Waals surface area contributed by atoms with Gasteiger partial charge in [-0.15, -0.1) is 0 Å². The number of phenolic OH excluding ortho intramolecular Hbond substituents is 1. The van der Waals surface area contributed by atoms with Crippen LogP contribution in [0.3, 0.4) is 0 Å². The van der Waals surface area contributed by atoms with Crippen LogP contribution in [0.1, 0.15) is 19.4 Å². The molecule has 2 N–H and O–H groups in total. The Kier molecular flexibility index (Phi) is 3.29. The van der Waals surface area contributed by atoms with Crippen LogP contribution in [0.25, 0.3) is 6.08 Å². The number of allylic oxidation sites excluding steroid dienone is 1. The van der Waals surface area contributed by atoms with Crippen LogP contribution in [0.15, 0.2) is 35.0 Å².